The standard InChI is InChI=1S/C22H29NO2/c1-18-7-9-22(10-8-18)25-17-21(24)16-23-13-11-20(12-14-23)15-19-5-3-2-4-6-19/h2-10,20-21,24H,11-17H2,1H3/t21-/m0/s1. The quantitative estimate of drug-likeness (QED) is 0.835. The van der Waals surface area contributed by atoms with Crippen LogP contribution in [-0.2, 0) is 6.42 Å². The average Bonchev–Trinajstić information content (AvgIpc) is 2.64. The predicted octanol–water partition coefficient (Wildman–Crippen LogP) is 3.69. The monoisotopic (exact) mass is 339 g/mol. The zero-order valence-corrected chi connectivity index (χ0v) is 15.1. The Kier molecular flexibility index (Phi) is 6.48. The van der Waals surface area contributed by atoms with Gasteiger partial charge in [0.15, 0.2) is 0 Å². The van der Waals surface area contributed by atoms with Crippen molar-refractivity contribution in [2.45, 2.75) is 32.3 Å². The summed E-state index contributed by atoms with van der Waals surface area (Å²) in [5.41, 5.74) is 2.65. The first kappa shape index (κ1) is 18.0. The van der Waals surface area contributed by atoms with Gasteiger partial charge in [0.1, 0.15) is 18.5 Å². The molecule has 0 spiro atoms. The first-order valence-corrected chi connectivity index (χ1v) is 9.33. The minimum absolute atomic E-state index is 0.354. The van der Waals surface area contributed by atoms with Crippen molar-refractivity contribution in [1.29, 1.82) is 0 Å². The molecule has 1 aliphatic heterocycles. The zero-order valence-electron chi connectivity index (χ0n) is 15.1. The topological polar surface area (TPSA) is 32.7 Å². The lowest BCUT2D eigenvalue weighted by molar-refractivity contribution is 0.0550. The number of benzene rings is 2. The first-order valence-electron chi connectivity index (χ1n) is 9.33. The van der Waals surface area contributed by atoms with E-state index in [9.17, 15) is 5.11 Å². The van der Waals surface area contributed by atoms with Crippen LogP contribution in [-0.4, -0.2) is 42.4 Å². The van der Waals surface area contributed by atoms with Gasteiger partial charge in [-0.2, -0.15) is 0 Å². The molecular weight excluding hydrogens is 310 g/mol. The van der Waals surface area contributed by atoms with Crippen LogP contribution in [0.2, 0.25) is 0 Å². The maximum Gasteiger partial charge on any atom is 0.119 e. The molecule has 2 aromatic rings. The van der Waals surface area contributed by atoms with E-state index in [1.165, 1.54) is 30.4 Å². The highest BCUT2D eigenvalue weighted by Gasteiger charge is 2.21. The Hall–Kier alpha value is -1.84. The van der Waals surface area contributed by atoms with Gasteiger partial charge in [0, 0.05) is 6.54 Å². The van der Waals surface area contributed by atoms with Crippen LogP contribution >= 0.6 is 0 Å². The number of aryl methyl sites for hydroxylation is 1. The molecule has 0 saturated carbocycles. The van der Waals surface area contributed by atoms with E-state index in [1.807, 2.05) is 24.3 Å². The van der Waals surface area contributed by atoms with Crippen molar-refractivity contribution in [2.75, 3.05) is 26.2 Å². The van der Waals surface area contributed by atoms with Gasteiger partial charge in [-0.3, -0.25) is 0 Å². The number of β-amino-alcohol motifs (C(OH)–C–C–N with tert-alkyl or cyclic N) is 1. The van der Waals surface area contributed by atoms with Crippen LogP contribution in [0.15, 0.2) is 54.6 Å². The second kappa shape index (κ2) is 9.02. The number of likely N-dealkylation sites (tertiary alicyclic amines) is 1. The van der Waals surface area contributed by atoms with Gasteiger partial charge in [-0.15, -0.1) is 0 Å². The highest BCUT2D eigenvalue weighted by molar-refractivity contribution is 5.26. The van der Waals surface area contributed by atoms with Crippen molar-refractivity contribution in [3.63, 3.8) is 0 Å². The smallest absolute Gasteiger partial charge is 0.119 e. The largest absolute Gasteiger partial charge is 0.491 e. The highest BCUT2D eigenvalue weighted by atomic mass is 16.5. The summed E-state index contributed by atoms with van der Waals surface area (Å²) in [6, 6.07) is 18.7. The summed E-state index contributed by atoms with van der Waals surface area (Å²) in [6.07, 6.45) is 3.15. The molecular formula is C22H29NO2. The molecule has 1 heterocycles. The Morgan fingerprint density at radius 3 is 2.40 bits per heavy atom. The van der Waals surface area contributed by atoms with Crippen LogP contribution in [0.3, 0.4) is 0 Å². The fourth-order valence-electron chi connectivity index (χ4n) is 3.50. The van der Waals surface area contributed by atoms with E-state index in [0.717, 1.165) is 24.8 Å². The Balaban J connectivity index is 1.36. The van der Waals surface area contributed by atoms with Crippen molar-refractivity contribution in [1.82, 2.24) is 4.90 Å². The van der Waals surface area contributed by atoms with E-state index < -0.39 is 6.10 Å². The highest BCUT2D eigenvalue weighted by Crippen LogP contribution is 2.22. The van der Waals surface area contributed by atoms with Gasteiger partial charge in [-0.25, -0.2) is 0 Å². The molecule has 1 N–H and O–H groups in total. The Morgan fingerprint density at radius 1 is 1.04 bits per heavy atom. The molecule has 0 aromatic heterocycles. The average molecular weight is 339 g/mol. The van der Waals surface area contributed by atoms with Crippen molar-refractivity contribution in [3.05, 3.63) is 65.7 Å². The summed E-state index contributed by atoms with van der Waals surface area (Å²) in [5.74, 6) is 1.59. The van der Waals surface area contributed by atoms with Crippen molar-refractivity contribution < 1.29 is 9.84 Å². The molecule has 3 nitrogen and oxygen atoms in total. The van der Waals surface area contributed by atoms with Gasteiger partial charge in [-0.1, -0.05) is 48.0 Å². The molecule has 0 unspecified atom stereocenters. The number of aliphatic hydroxyl groups is 1. The maximum absolute atomic E-state index is 10.3. The molecule has 134 valence electrons. The number of hydrogen-bond donors (Lipinski definition) is 1. The third-order valence-corrected chi connectivity index (χ3v) is 5.01. The van der Waals surface area contributed by atoms with Crippen LogP contribution in [0.4, 0.5) is 0 Å². The molecule has 0 amide bonds. The molecule has 0 radical (unpaired) electrons. The molecule has 1 fully saturated rings. The van der Waals surface area contributed by atoms with E-state index in [2.05, 4.69) is 42.2 Å². The number of aliphatic hydroxyl groups excluding tert-OH is 1. The van der Waals surface area contributed by atoms with E-state index >= 15 is 0 Å². The number of piperidine rings is 1. The van der Waals surface area contributed by atoms with Gasteiger partial charge in [0.25, 0.3) is 0 Å². The Morgan fingerprint density at radius 2 is 1.72 bits per heavy atom. The Bertz CT molecular complexity index is 618. The van der Waals surface area contributed by atoms with Gasteiger partial charge < -0.3 is 14.7 Å². The van der Waals surface area contributed by atoms with Gasteiger partial charge >= 0.3 is 0 Å². The number of nitrogens with zero attached hydrogens (tertiary/aromatic N) is 1. The van der Waals surface area contributed by atoms with Crippen LogP contribution < -0.4 is 4.74 Å². The minimum atomic E-state index is -0.438. The van der Waals surface area contributed by atoms with Crippen LogP contribution in [0.5, 0.6) is 5.75 Å². The van der Waals surface area contributed by atoms with E-state index in [1.54, 1.807) is 0 Å². The fourth-order valence-corrected chi connectivity index (χ4v) is 3.50. The molecule has 3 rings (SSSR count). The summed E-state index contributed by atoms with van der Waals surface area (Å²) in [6.45, 7) is 5.25. The predicted molar refractivity (Wildman–Crippen MR) is 102 cm³/mol. The Labute approximate surface area is 151 Å². The van der Waals surface area contributed by atoms with Crippen molar-refractivity contribution >= 4 is 0 Å². The molecule has 1 atom stereocenters. The molecule has 1 saturated heterocycles. The lowest BCUT2D eigenvalue weighted by Crippen LogP contribution is -2.41. The number of hydrogen-bond acceptors (Lipinski definition) is 3. The molecule has 1 aliphatic rings. The molecule has 2 aromatic carbocycles. The third-order valence-electron chi connectivity index (χ3n) is 5.01. The molecule has 25 heavy (non-hydrogen) atoms. The zero-order chi connectivity index (χ0) is 17.5. The molecule has 3 heteroatoms. The lowest BCUT2D eigenvalue weighted by Gasteiger charge is -2.33. The van der Waals surface area contributed by atoms with E-state index in [-0.39, 0.29) is 0 Å². The van der Waals surface area contributed by atoms with E-state index in [4.69, 9.17) is 4.74 Å². The van der Waals surface area contributed by atoms with Gasteiger partial charge in [-0.05, 0) is 62.9 Å². The SMILES string of the molecule is Cc1ccc(OC[C@@H](O)CN2CCC(Cc3ccccc3)CC2)cc1. The lowest BCUT2D eigenvalue weighted by atomic mass is 9.90. The third kappa shape index (κ3) is 5.87. The normalized spacial score (nSPS) is 17.4. The summed E-state index contributed by atoms with van der Waals surface area (Å²) in [4.78, 5) is 2.37. The van der Waals surface area contributed by atoms with Gasteiger partial charge in [0.05, 0.1) is 0 Å². The van der Waals surface area contributed by atoms with Crippen molar-refractivity contribution in [2.24, 2.45) is 5.92 Å². The van der Waals surface area contributed by atoms with Gasteiger partial charge in [0.2, 0.25) is 0 Å². The second-order valence-corrected chi connectivity index (χ2v) is 7.21. The summed E-state index contributed by atoms with van der Waals surface area (Å²) in [5, 5.41) is 10.3. The maximum atomic E-state index is 10.3. The molecule has 0 aliphatic carbocycles. The van der Waals surface area contributed by atoms with E-state index in [0.29, 0.717) is 13.2 Å². The van der Waals surface area contributed by atoms with Crippen LogP contribution in [0.25, 0.3) is 0 Å². The fraction of sp³-hybridized carbons (Fsp3) is 0.455. The first-order chi connectivity index (χ1) is 12.2. The summed E-state index contributed by atoms with van der Waals surface area (Å²) < 4.78 is 5.69. The summed E-state index contributed by atoms with van der Waals surface area (Å²) in [7, 11) is 0. The number of ether oxygens (including phenoxy) is 1. The van der Waals surface area contributed by atoms with Crippen LogP contribution in [0, 0.1) is 12.8 Å². The van der Waals surface area contributed by atoms with Crippen molar-refractivity contribution in [3.8, 4) is 5.75 Å². The van der Waals surface area contributed by atoms with Crippen LogP contribution in [0.1, 0.15) is 24.0 Å². The minimum Gasteiger partial charge on any atom is -0.491 e. The summed E-state index contributed by atoms with van der Waals surface area (Å²) >= 11 is 0. The second-order valence-electron chi connectivity index (χ2n) is 7.21. The molecule has 0 bridgehead atoms. The number of rotatable bonds is 7.